The van der Waals surface area contributed by atoms with Gasteiger partial charge in [0.15, 0.2) is 0 Å². The van der Waals surface area contributed by atoms with E-state index in [1.807, 2.05) is 13.2 Å². The van der Waals surface area contributed by atoms with E-state index in [2.05, 4.69) is 0 Å². The van der Waals surface area contributed by atoms with Crippen LogP contribution in [0.5, 0.6) is 5.75 Å². The Morgan fingerprint density at radius 1 is 1.40 bits per heavy atom. The Morgan fingerprint density at radius 2 is 2.10 bits per heavy atom. The monoisotopic (exact) mass is 337 g/mol. The highest BCUT2D eigenvalue weighted by molar-refractivity contribution is 7.98. The van der Waals surface area contributed by atoms with E-state index in [-0.39, 0.29) is 10.8 Å². The van der Waals surface area contributed by atoms with Gasteiger partial charge in [0.25, 0.3) is 0 Å². The third-order valence-corrected chi connectivity index (χ3v) is 5.53. The number of rotatable bonds is 8. The van der Waals surface area contributed by atoms with Crippen LogP contribution in [0.3, 0.4) is 0 Å². The van der Waals surface area contributed by atoms with Crippen LogP contribution in [0.1, 0.15) is 12.5 Å². The standard InChI is InChI=1S/C13H20ClNO3S2/c1-4-18-13-6-5-12(9-11(13)10-14)20(16,17)15(2)7-8-19-3/h5-6,9H,4,7-8,10H2,1-3H3. The third kappa shape index (κ3) is 4.28. The first-order chi connectivity index (χ1) is 9.47. The van der Waals surface area contributed by atoms with Crippen molar-refractivity contribution in [3.8, 4) is 5.75 Å². The Kier molecular flexibility index (Phi) is 7.15. The number of alkyl halides is 1. The zero-order valence-corrected chi connectivity index (χ0v) is 14.3. The molecule has 0 spiro atoms. The molecule has 0 saturated carbocycles. The largest absolute Gasteiger partial charge is 0.494 e. The van der Waals surface area contributed by atoms with Gasteiger partial charge in [0, 0.05) is 24.9 Å². The maximum atomic E-state index is 12.4. The first-order valence-electron chi connectivity index (χ1n) is 6.24. The quantitative estimate of drug-likeness (QED) is 0.684. The Morgan fingerprint density at radius 3 is 2.65 bits per heavy atom. The van der Waals surface area contributed by atoms with Gasteiger partial charge in [0.2, 0.25) is 10.0 Å². The predicted octanol–water partition coefficient (Wildman–Crippen LogP) is 2.81. The fourth-order valence-corrected chi connectivity index (χ4v) is 3.64. The van der Waals surface area contributed by atoms with E-state index in [0.717, 1.165) is 5.75 Å². The molecular weight excluding hydrogens is 318 g/mol. The lowest BCUT2D eigenvalue weighted by Crippen LogP contribution is -2.29. The van der Waals surface area contributed by atoms with Crippen LogP contribution >= 0.6 is 23.4 Å². The van der Waals surface area contributed by atoms with Crippen LogP contribution in [0.2, 0.25) is 0 Å². The Hall–Kier alpha value is -0.430. The molecule has 1 rings (SSSR count). The SMILES string of the molecule is CCOc1ccc(S(=O)(=O)N(C)CCSC)cc1CCl. The molecule has 0 atom stereocenters. The van der Waals surface area contributed by atoms with E-state index in [1.54, 1.807) is 37.0 Å². The molecule has 114 valence electrons. The lowest BCUT2D eigenvalue weighted by Gasteiger charge is -2.18. The van der Waals surface area contributed by atoms with Crippen molar-refractivity contribution in [1.82, 2.24) is 4.31 Å². The fraction of sp³-hybridized carbons (Fsp3) is 0.538. The smallest absolute Gasteiger partial charge is 0.242 e. The summed E-state index contributed by atoms with van der Waals surface area (Å²) in [7, 11) is -1.88. The van der Waals surface area contributed by atoms with Gasteiger partial charge in [-0.25, -0.2) is 12.7 Å². The first-order valence-corrected chi connectivity index (χ1v) is 9.61. The summed E-state index contributed by atoms with van der Waals surface area (Å²) in [6.45, 7) is 2.87. The molecule has 0 aromatic heterocycles. The molecule has 0 fully saturated rings. The molecule has 0 heterocycles. The van der Waals surface area contributed by atoms with Crippen molar-refractivity contribution in [2.75, 3.05) is 32.2 Å². The zero-order valence-electron chi connectivity index (χ0n) is 11.9. The number of ether oxygens (including phenoxy) is 1. The first kappa shape index (κ1) is 17.6. The number of thioether (sulfide) groups is 1. The molecule has 0 radical (unpaired) electrons. The normalized spacial score (nSPS) is 11.8. The summed E-state index contributed by atoms with van der Waals surface area (Å²) in [4.78, 5) is 0.250. The summed E-state index contributed by atoms with van der Waals surface area (Å²) in [5, 5.41) is 0. The molecule has 0 N–H and O–H groups in total. The molecule has 4 nitrogen and oxygen atoms in total. The van der Waals surface area contributed by atoms with Gasteiger partial charge in [0.05, 0.1) is 17.4 Å². The molecule has 0 aliphatic heterocycles. The van der Waals surface area contributed by atoms with Crippen LogP contribution in [0.15, 0.2) is 23.1 Å². The Bertz CT molecular complexity index is 534. The van der Waals surface area contributed by atoms with Gasteiger partial charge < -0.3 is 4.74 Å². The molecular formula is C13H20ClNO3S2. The minimum Gasteiger partial charge on any atom is -0.494 e. The highest BCUT2D eigenvalue weighted by atomic mass is 35.5. The Balaban J connectivity index is 3.06. The second kappa shape index (κ2) is 8.12. The average molecular weight is 338 g/mol. The van der Waals surface area contributed by atoms with E-state index in [1.165, 1.54) is 4.31 Å². The molecule has 0 bridgehead atoms. The summed E-state index contributed by atoms with van der Waals surface area (Å²) in [6, 6.07) is 4.81. The summed E-state index contributed by atoms with van der Waals surface area (Å²) in [5.74, 6) is 1.61. The van der Waals surface area contributed by atoms with Crippen molar-refractivity contribution >= 4 is 33.4 Å². The van der Waals surface area contributed by atoms with Gasteiger partial charge in [-0.2, -0.15) is 11.8 Å². The molecule has 0 aliphatic rings. The van der Waals surface area contributed by atoms with Gasteiger partial charge in [0.1, 0.15) is 5.75 Å². The third-order valence-electron chi connectivity index (χ3n) is 2.79. The highest BCUT2D eigenvalue weighted by Gasteiger charge is 2.21. The van der Waals surface area contributed by atoms with Crippen LogP contribution in [0.25, 0.3) is 0 Å². The van der Waals surface area contributed by atoms with Crippen LogP contribution in [0.4, 0.5) is 0 Å². The van der Waals surface area contributed by atoms with E-state index >= 15 is 0 Å². The lowest BCUT2D eigenvalue weighted by molar-refractivity contribution is 0.337. The summed E-state index contributed by atoms with van der Waals surface area (Å²) in [5.41, 5.74) is 0.688. The summed E-state index contributed by atoms with van der Waals surface area (Å²) >= 11 is 7.47. The van der Waals surface area contributed by atoms with Crippen molar-refractivity contribution in [1.29, 1.82) is 0 Å². The van der Waals surface area contributed by atoms with Crippen molar-refractivity contribution in [3.05, 3.63) is 23.8 Å². The summed E-state index contributed by atoms with van der Waals surface area (Å²) < 4.78 is 31.6. The number of hydrogen-bond donors (Lipinski definition) is 0. The topological polar surface area (TPSA) is 46.6 Å². The molecule has 0 amide bonds. The maximum absolute atomic E-state index is 12.4. The number of hydrogen-bond acceptors (Lipinski definition) is 4. The van der Waals surface area contributed by atoms with Crippen molar-refractivity contribution in [2.45, 2.75) is 17.7 Å². The van der Waals surface area contributed by atoms with Gasteiger partial charge in [-0.1, -0.05) is 0 Å². The molecule has 0 unspecified atom stereocenters. The van der Waals surface area contributed by atoms with Crippen LogP contribution in [-0.4, -0.2) is 44.9 Å². The van der Waals surface area contributed by atoms with E-state index in [0.29, 0.717) is 24.5 Å². The highest BCUT2D eigenvalue weighted by Crippen LogP contribution is 2.25. The van der Waals surface area contributed by atoms with Crippen LogP contribution in [-0.2, 0) is 15.9 Å². The summed E-state index contributed by atoms with van der Waals surface area (Å²) in [6.07, 6.45) is 1.95. The second-order valence-corrected chi connectivity index (χ2v) is 7.45. The van der Waals surface area contributed by atoms with E-state index in [9.17, 15) is 8.42 Å². The van der Waals surface area contributed by atoms with Crippen molar-refractivity contribution in [2.24, 2.45) is 0 Å². The van der Waals surface area contributed by atoms with E-state index in [4.69, 9.17) is 16.3 Å². The van der Waals surface area contributed by atoms with Gasteiger partial charge >= 0.3 is 0 Å². The van der Waals surface area contributed by atoms with Crippen molar-refractivity contribution < 1.29 is 13.2 Å². The number of nitrogens with zero attached hydrogens (tertiary/aromatic N) is 1. The Labute approximate surface area is 130 Å². The fourth-order valence-electron chi connectivity index (χ4n) is 1.64. The van der Waals surface area contributed by atoms with Crippen LogP contribution in [0, 0.1) is 0 Å². The number of sulfonamides is 1. The minimum atomic E-state index is -3.47. The van der Waals surface area contributed by atoms with Gasteiger partial charge in [-0.3, -0.25) is 0 Å². The number of benzene rings is 1. The number of halogens is 1. The molecule has 7 heteroatoms. The minimum absolute atomic E-state index is 0.215. The van der Waals surface area contributed by atoms with Crippen LogP contribution < -0.4 is 4.74 Å². The predicted molar refractivity (Wildman–Crippen MR) is 85.4 cm³/mol. The van der Waals surface area contributed by atoms with Gasteiger partial charge in [-0.15, -0.1) is 11.6 Å². The van der Waals surface area contributed by atoms with E-state index < -0.39 is 10.0 Å². The molecule has 20 heavy (non-hydrogen) atoms. The molecule has 0 aliphatic carbocycles. The average Bonchev–Trinajstić information content (AvgIpc) is 2.45. The molecule has 0 saturated heterocycles. The lowest BCUT2D eigenvalue weighted by atomic mass is 10.2. The maximum Gasteiger partial charge on any atom is 0.242 e. The van der Waals surface area contributed by atoms with Gasteiger partial charge in [-0.05, 0) is 31.4 Å². The second-order valence-electron chi connectivity index (χ2n) is 4.16. The zero-order chi connectivity index (χ0) is 15.2. The molecule has 1 aromatic rings. The van der Waals surface area contributed by atoms with Crippen molar-refractivity contribution in [3.63, 3.8) is 0 Å². The molecule has 1 aromatic carbocycles.